The number of piperazine rings is 1. The summed E-state index contributed by atoms with van der Waals surface area (Å²) < 4.78 is 0. The SMILES string of the molecule is CCc1ccc(C2CNCCN2C(=O)C2CCCN(C(=O)C3CC3)C2)cc1.Cl. The quantitative estimate of drug-likeness (QED) is 0.838. The number of nitrogens with zero attached hydrogens (tertiary/aromatic N) is 2. The molecule has 0 spiro atoms. The molecule has 2 saturated heterocycles. The first-order valence-electron chi connectivity index (χ1n) is 10.6. The molecule has 1 aromatic carbocycles. The summed E-state index contributed by atoms with van der Waals surface area (Å²) in [5.74, 6) is 0.703. The molecular formula is C22H32ClN3O2. The summed E-state index contributed by atoms with van der Waals surface area (Å²) in [7, 11) is 0. The number of benzene rings is 1. The van der Waals surface area contributed by atoms with E-state index in [0.29, 0.717) is 6.54 Å². The number of aryl methyl sites for hydroxylation is 1. The zero-order chi connectivity index (χ0) is 18.8. The molecule has 1 aliphatic carbocycles. The van der Waals surface area contributed by atoms with E-state index in [0.717, 1.165) is 58.3 Å². The number of piperidine rings is 1. The van der Waals surface area contributed by atoms with Gasteiger partial charge in [-0.3, -0.25) is 9.59 Å². The van der Waals surface area contributed by atoms with Crippen molar-refractivity contribution < 1.29 is 9.59 Å². The molecule has 6 heteroatoms. The van der Waals surface area contributed by atoms with Gasteiger partial charge in [-0.1, -0.05) is 31.2 Å². The van der Waals surface area contributed by atoms with Gasteiger partial charge in [0, 0.05) is 38.6 Å². The number of carbonyl (C=O) groups excluding carboxylic acids is 2. The normalized spacial score (nSPS) is 25.2. The van der Waals surface area contributed by atoms with Crippen molar-refractivity contribution in [2.45, 2.75) is 45.1 Å². The highest BCUT2D eigenvalue weighted by Gasteiger charge is 2.39. The Morgan fingerprint density at radius 3 is 2.46 bits per heavy atom. The summed E-state index contributed by atoms with van der Waals surface area (Å²) in [5.41, 5.74) is 2.52. The maximum atomic E-state index is 13.4. The molecule has 5 nitrogen and oxygen atoms in total. The van der Waals surface area contributed by atoms with Gasteiger partial charge in [0.05, 0.1) is 12.0 Å². The smallest absolute Gasteiger partial charge is 0.228 e. The van der Waals surface area contributed by atoms with E-state index in [1.807, 2.05) is 4.90 Å². The van der Waals surface area contributed by atoms with Gasteiger partial charge in [0.25, 0.3) is 0 Å². The Bertz CT molecular complexity index is 690. The second-order valence-corrected chi connectivity index (χ2v) is 8.24. The van der Waals surface area contributed by atoms with E-state index >= 15 is 0 Å². The number of likely N-dealkylation sites (tertiary alicyclic amines) is 1. The number of nitrogens with one attached hydrogen (secondary N) is 1. The van der Waals surface area contributed by atoms with Crippen molar-refractivity contribution >= 4 is 24.2 Å². The van der Waals surface area contributed by atoms with Crippen molar-refractivity contribution in [2.24, 2.45) is 11.8 Å². The largest absolute Gasteiger partial charge is 0.342 e. The van der Waals surface area contributed by atoms with Crippen LogP contribution in [0.2, 0.25) is 0 Å². The zero-order valence-electron chi connectivity index (χ0n) is 16.7. The van der Waals surface area contributed by atoms with E-state index in [4.69, 9.17) is 0 Å². The van der Waals surface area contributed by atoms with Crippen LogP contribution >= 0.6 is 12.4 Å². The van der Waals surface area contributed by atoms with Crippen molar-refractivity contribution in [2.75, 3.05) is 32.7 Å². The molecule has 2 heterocycles. The minimum absolute atomic E-state index is 0. The summed E-state index contributed by atoms with van der Waals surface area (Å²) in [5, 5.41) is 3.44. The zero-order valence-corrected chi connectivity index (χ0v) is 17.5. The first kappa shape index (κ1) is 21.1. The van der Waals surface area contributed by atoms with Gasteiger partial charge >= 0.3 is 0 Å². The standard InChI is InChI=1S/C22H31N3O2.ClH/c1-2-16-5-7-17(8-6-16)20-14-23-11-13-25(20)22(27)19-4-3-12-24(15-19)21(26)18-9-10-18;/h5-8,18-20,23H,2-4,9-15H2,1H3;1H. The third-order valence-electron chi connectivity index (χ3n) is 6.31. The fourth-order valence-corrected chi connectivity index (χ4v) is 4.44. The average Bonchev–Trinajstić information content (AvgIpc) is 3.58. The van der Waals surface area contributed by atoms with Gasteiger partial charge in [-0.25, -0.2) is 0 Å². The van der Waals surface area contributed by atoms with Crippen LogP contribution in [0.3, 0.4) is 0 Å². The molecule has 2 amide bonds. The summed E-state index contributed by atoms with van der Waals surface area (Å²) in [6.45, 7) is 5.97. The summed E-state index contributed by atoms with van der Waals surface area (Å²) in [6.07, 6.45) is 4.93. The molecule has 28 heavy (non-hydrogen) atoms. The predicted molar refractivity (Wildman–Crippen MR) is 112 cm³/mol. The van der Waals surface area contributed by atoms with E-state index in [9.17, 15) is 9.59 Å². The molecule has 3 aliphatic rings. The van der Waals surface area contributed by atoms with Gasteiger partial charge < -0.3 is 15.1 Å². The van der Waals surface area contributed by atoms with Gasteiger partial charge in [0.15, 0.2) is 0 Å². The molecular weight excluding hydrogens is 374 g/mol. The van der Waals surface area contributed by atoms with Crippen molar-refractivity contribution in [3.8, 4) is 0 Å². The van der Waals surface area contributed by atoms with Crippen LogP contribution in [0.5, 0.6) is 0 Å². The highest BCUT2D eigenvalue weighted by molar-refractivity contribution is 5.85. The van der Waals surface area contributed by atoms with Crippen LogP contribution in [0.25, 0.3) is 0 Å². The third-order valence-corrected chi connectivity index (χ3v) is 6.31. The topological polar surface area (TPSA) is 52.7 Å². The van der Waals surface area contributed by atoms with Gasteiger partial charge in [0.2, 0.25) is 11.8 Å². The third kappa shape index (κ3) is 4.52. The van der Waals surface area contributed by atoms with Crippen molar-refractivity contribution in [3.63, 3.8) is 0 Å². The molecule has 2 atom stereocenters. The highest BCUT2D eigenvalue weighted by atomic mass is 35.5. The fourth-order valence-electron chi connectivity index (χ4n) is 4.44. The maximum absolute atomic E-state index is 13.4. The Morgan fingerprint density at radius 2 is 1.79 bits per heavy atom. The Balaban J connectivity index is 0.00000225. The minimum atomic E-state index is -0.0445. The van der Waals surface area contributed by atoms with Gasteiger partial charge in [-0.05, 0) is 43.2 Å². The molecule has 1 aromatic rings. The number of carbonyl (C=O) groups is 2. The van der Waals surface area contributed by atoms with Crippen LogP contribution in [0.15, 0.2) is 24.3 Å². The van der Waals surface area contributed by atoms with Crippen LogP contribution in [0.1, 0.15) is 49.8 Å². The van der Waals surface area contributed by atoms with E-state index < -0.39 is 0 Å². The van der Waals surface area contributed by atoms with E-state index in [1.54, 1.807) is 0 Å². The van der Waals surface area contributed by atoms with Crippen LogP contribution in [-0.2, 0) is 16.0 Å². The maximum Gasteiger partial charge on any atom is 0.228 e. The number of halogens is 1. The number of hydrogen-bond donors (Lipinski definition) is 1. The number of rotatable bonds is 4. The molecule has 1 saturated carbocycles. The van der Waals surface area contributed by atoms with Crippen molar-refractivity contribution in [1.29, 1.82) is 0 Å². The second-order valence-electron chi connectivity index (χ2n) is 8.24. The van der Waals surface area contributed by atoms with E-state index in [2.05, 4.69) is 41.4 Å². The molecule has 0 radical (unpaired) electrons. The Hall–Kier alpha value is -1.59. The lowest BCUT2D eigenvalue weighted by Crippen LogP contribution is -2.53. The Kier molecular flexibility index (Phi) is 7.00. The van der Waals surface area contributed by atoms with Gasteiger partial charge in [0.1, 0.15) is 0 Å². The Labute approximate surface area is 174 Å². The molecule has 154 valence electrons. The molecule has 4 rings (SSSR count). The average molecular weight is 406 g/mol. The van der Waals surface area contributed by atoms with Crippen LogP contribution < -0.4 is 5.32 Å². The van der Waals surface area contributed by atoms with Crippen LogP contribution in [0.4, 0.5) is 0 Å². The lowest BCUT2D eigenvalue weighted by atomic mass is 9.93. The molecule has 2 aliphatic heterocycles. The Morgan fingerprint density at radius 1 is 1.04 bits per heavy atom. The summed E-state index contributed by atoms with van der Waals surface area (Å²) in [6, 6.07) is 8.76. The number of amides is 2. The summed E-state index contributed by atoms with van der Waals surface area (Å²) in [4.78, 5) is 29.8. The molecule has 3 fully saturated rings. The van der Waals surface area contributed by atoms with Crippen LogP contribution in [-0.4, -0.2) is 54.3 Å². The van der Waals surface area contributed by atoms with Crippen molar-refractivity contribution in [1.82, 2.24) is 15.1 Å². The first-order chi connectivity index (χ1) is 13.2. The first-order valence-corrected chi connectivity index (χ1v) is 10.6. The van der Waals surface area contributed by atoms with E-state index in [1.165, 1.54) is 11.1 Å². The lowest BCUT2D eigenvalue weighted by molar-refractivity contribution is -0.143. The molecule has 2 unspecified atom stereocenters. The van der Waals surface area contributed by atoms with Gasteiger partial charge in [-0.15, -0.1) is 12.4 Å². The molecule has 0 aromatic heterocycles. The predicted octanol–water partition coefficient (Wildman–Crippen LogP) is 2.79. The monoisotopic (exact) mass is 405 g/mol. The van der Waals surface area contributed by atoms with Crippen molar-refractivity contribution in [3.05, 3.63) is 35.4 Å². The highest BCUT2D eigenvalue weighted by Crippen LogP contribution is 2.33. The van der Waals surface area contributed by atoms with Gasteiger partial charge in [-0.2, -0.15) is 0 Å². The van der Waals surface area contributed by atoms with Crippen LogP contribution in [0, 0.1) is 11.8 Å². The lowest BCUT2D eigenvalue weighted by Gasteiger charge is -2.41. The number of hydrogen-bond acceptors (Lipinski definition) is 3. The summed E-state index contributed by atoms with van der Waals surface area (Å²) >= 11 is 0. The molecule has 0 bridgehead atoms. The molecule has 1 N–H and O–H groups in total. The van der Waals surface area contributed by atoms with E-state index in [-0.39, 0.29) is 42.1 Å². The minimum Gasteiger partial charge on any atom is -0.342 e. The second kappa shape index (κ2) is 9.27. The fraction of sp³-hybridized carbons (Fsp3) is 0.636.